The van der Waals surface area contributed by atoms with Crippen molar-refractivity contribution in [1.29, 1.82) is 5.26 Å². The first-order valence-corrected chi connectivity index (χ1v) is 12.9. The van der Waals surface area contributed by atoms with E-state index in [9.17, 15) is 20.0 Å². The molecule has 2 aliphatic rings. The number of aliphatic hydroxyl groups excluding tert-OH is 1. The lowest BCUT2D eigenvalue weighted by Crippen LogP contribution is -2.46. The smallest absolute Gasteiger partial charge is 0.323 e. The van der Waals surface area contributed by atoms with Crippen molar-refractivity contribution in [2.24, 2.45) is 17.6 Å². The molecule has 0 unspecified atom stereocenters. The molecule has 3 N–H and O–H groups in total. The zero-order valence-electron chi connectivity index (χ0n) is 21.5. The fourth-order valence-corrected chi connectivity index (χ4v) is 5.13. The van der Waals surface area contributed by atoms with E-state index in [0.29, 0.717) is 17.6 Å². The number of nitrogens with zero attached hydrogens (tertiary/aromatic N) is 4. The quantitative estimate of drug-likeness (QED) is 0.499. The SMILES string of the molecule is Cc1ncnn2c([C@]3(C#N)O[C@H](COC(=O)CC4CCCCC4)[C@@H](OC(=O)[C@@H](N)C(C)C)[C@H]3O)ccc12. The van der Waals surface area contributed by atoms with Crippen LogP contribution in [0.25, 0.3) is 5.52 Å². The molecular weight excluding hydrogens is 478 g/mol. The molecule has 1 aliphatic heterocycles. The minimum absolute atomic E-state index is 0.214. The number of nitriles is 1. The Morgan fingerprint density at radius 2 is 2.05 bits per heavy atom. The second-order valence-corrected chi connectivity index (χ2v) is 10.4. The van der Waals surface area contributed by atoms with Gasteiger partial charge < -0.3 is 25.1 Å². The van der Waals surface area contributed by atoms with E-state index in [1.54, 1.807) is 32.9 Å². The fraction of sp³-hybridized carbons (Fsp3) is 0.654. The van der Waals surface area contributed by atoms with E-state index in [4.69, 9.17) is 19.9 Å². The Balaban J connectivity index is 1.60. The number of carbonyl (C=O) groups excluding carboxylic acids is 2. The van der Waals surface area contributed by atoms with Gasteiger partial charge in [-0.25, -0.2) is 9.50 Å². The third-order valence-corrected chi connectivity index (χ3v) is 7.45. The van der Waals surface area contributed by atoms with E-state index >= 15 is 0 Å². The van der Waals surface area contributed by atoms with Crippen LogP contribution in [0.3, 0.4) is 0 Å². The van der Waals surface area contributed by atoms with Crippen molar-refractivity contribution < 1.29 is 28.9 Å². The van der Waals surface area contributed by atoms with Crippen LogP contribution in [0, 0.1) is 30.1 Å². The number of aliphatic hydroxyl groups is 1. The molecule has 2 aromatic rings. The molecule has 11 heteroatoms. The summed E-state index contributed by atoms with van der Waals surface area (Å²) >= 11 is 0. The summed E-state index contributed by atoms with van der Waals surface area (Å²) in [5, 5.41) is 25.9. The van der Waals surface area contributed by atoms with Crippen molar-refractivity contribution in [2.75, 3.05) is 6.61 Å². The largest absolute Gasteiger partial charge is 0.463 e. The van der Waals surface area contributed by atoms with E-state index in [-0.39, 0.29) is 30.1 Å². The minimum Gasteiger partial charge on any atom is -0.463 e. The van der Waals surface area contributed by atoms with Crippen LogP contribution in [0.5, 0.6) is 0 Å². The summed E-state index contributed by atoms with van der Waals surface area (Å²) in [6.45, 7) is 5.04. The van der Waals surface area contributed by atoms with Crippen LogP contribution in [0.1, 0.15) is 63.8 Å². The molecular formula is C26H35N5O6. The van der Waals surface area contributed by atoms with Gasteiger partial charge in [0, 0.05) is 6.42 Å². The zero-order chi connectivity index (χ0) is 26.7. The predicted molar refractivity (Wildman–Crippen MR) is 131 cm³/mol. The van der Waals surface area contributed by atoms with Gasteiger partial charge in [0.2, 0.25) is 5.60 Å². The maximum Gasteiger partial charge on any atom is 0.323 e. The number of nitrogens with two attached hydrogens (primary N) is 1. The highest BCUT2D eigenvalue weighted by atomic mass is 16.6. The number of hydrogen-bond donors (Lipinski definition) is 2. The highest BCUT2D eigenvalue weighted by Gasteiger charge is 2.60. The van der Waals surface area contributed by atoms with Gasteiger partial charge in [0.25, 0.3) is 0 Å². The number of fused-ring (bicyclic) bond motifs is 1. The molecule has 0 aromatic carbocycles. The average molecular weight is 514 g/mol. The summed E-state index contributed by atoms with van der Waals surface area (Å²) in [5.74, 6) is -1.07. The first-order valence-electron chi connectivity index (χ1n) is 12.9. The van der Waals surface area contributed by atoms with Crippen LogP contribution in [-0.2, 0) is 29.4 Å². The monoisotopic (exact) mass is 513 g/mol. The Labute approximate surface area is 215 Å². The van der Waals surface area contributed by atoms with Crippen molar-refractivity contribution >= 4 is 17.5 Å². The van der Waals surface area contributed by atoms with Crippen molar-refractivity contribution in [3.05, 3.63) is 29.8 Å². The molecule has 0 amide bonds. The van der Waals surface area contributed by atoms with Gasteiger partial charge in [0.15, 0.2) is 6.10 Å². The lowest BCUT2D eigenvalue weighted by molar-refractivity contribution is -0.162. The second kappa shape index (κ2) is 11.1. The van der Waals surface area contributed by atoms with Crippen molar-refractivity contribution in [2.45, 2.75) is 89.3 Å². The van der Waals surface area contributed by atoms with Crippen LogP contribution in [0.2, 0.25) is 0 Å². The van der Waals surface area contributed by atoms with Crippen LogP contribution in [0.15, 0.2) is 18.5 Å². The average Bonchev–Trinajstić information content (AvgIpc) is 3.44. The lowest BCUT2D eigenvalue weighted by atomic mass is 9.87. The molecule has 4 rings (SSSR count). The summed E-state index contributed by atoms with van der Waals surface area (Å²) < 4.78 is 18.7. The molecule has 3 heterocycles. The molecule has 5 atom stereocenters. The van der Waals surface area contributed by atoms with Crippen molar-refractivity contribution in [3.8, 4) is 6.07 Å². The topological polar surface area (TPSA) is 162 Å². The van der Waals surface area contributed by atoms with Gasteiger partial charge in [-0.3, -0.25) is 9.59 Å². The van der Waals surface area contributed by atoms with Crippen LogP contribution in [0.4, 0.5) is 0 Å². The molecule has 0 radical (unpaired) electrons. The van der Waals surface area contributed by atoms with E-state index < -0.39 is 35.9 Å². The molecule has 11 nitrogen and oxygen atoms in total. The summed E-state index contributed by atoms with van der Waals surface area (Å²) in [6.07, 6.45) is 2.99. The minimum atomic E-state index is -1.94. The number of aromatic nitrogens is 3. The summed E-state index contributed by atoms with van der Waals surface area (Å²) in [5.41, 5.74) is 5.57. The number of esters is 2. The van der Waals surface area contributed by atoms with Crippen LogP contribution in [-0.4, -0.2) is 62.6 Å². The molecule has 37 heavy (non-hydrogen) atoms. The Kier molecular flexibility index (Phi) is 8.11. The number of ether oxygens (including phenoxy) is 3. The molecule has 1 aliphatic carbocycles. The first kappa shape index (κ1) is 27.0. The van der Waals surface area contributed by atoms with Gasteiger partial charge in [-0.05, 0) is 43.7 Å². The maximum atomic E-state index is 12.7. The van der Waals surface area contributed by atoms with E-state index in [1.807, 2.05) is 0 Å². The maximum absolute atomic E-state index is 12.7. The second-order valence-electron chi connectivity index (χ2n) is 10.4. The number of rotatable bonds is 8. The number of aryl methyl sites for hydroxylation is 1. The highest BCUT2D eigenvalue weighted by Crippen LogP contribution is 2.42. The Morgan fingerprint density at radius 1 is 1.32 bits per heavy atom. The van der Waals surface area contributed by atoms with E-state index in [0.717, 1.165) is 25.7 Å². The first-order chi connectivity index (χ1) is 17.7. The molecule has 1 saturated carbocycles. The van der Waals surface area contributed by atoms with Gasteiger partial charge >= 0.3 is 11.9 Å². The summed E-state index contributed by atoms with van der Waals surface area (Å²) in [4.78, 5) is 29.5. The van der Waals surface area contributed by atoms with E-state index in [2.05, 4.69) is 16.2 Å². The van der Waals surface area contributed by atoms with Crippen LogP contribution >= 0.6 is 0 Å². The molecule has 2 aromatic heterocycles. The lowest BCUT2D eigenvalue weighted by Gasteiger charge is -2.25. The third-order valence-electron chi connectivity index (χ3n) is 7.45. The zero-order valence-corrected chi connectivity index (χ0v) is 21.5. The van der Waals surface area contributed by atoms with E-state index in [1.165, 1.54) is 17.3 Å². The van der Waals surface area contributed by atoms with Gasteiger partial charge in [0.05, 0.1) is 16.9 Å². The molecule has 0 bridgehead atoms. The normalized spacial score (nSPS) is 27.2. The highest BCUT2D eigenvalue weighted by molar-refractivity contribution is 5.76. The van der Waals surface area contributed by atoms with Gasteiger partial charge in [0.1, 0.15) is 37.3 Å². The molecule has 2 fully saturated rings. The van der Waals surface area contributed by atoms with Crippen LogP contribution < -0.4 is 5.73 Å². The van der Waals surface area contributed by atoms with Gasteiger partial charge in [-0.15, -0.1) is 0 Å². The van der Waals surface area contributed by atoms with Crippen molar-refractivity contribution in [1.82, 2.24) is 14.6 Å². The third kappa shape index (κ3) is 5.32. The Hall–Kier alpha value is -3.07. The fourth-order valence-electron chi connectivity index (χ4n) is 5.13. The summed E-state index contributed by atoms with van der Waals surface area (Å²) in [7, 11) is 0. The predicted octanol–water partition coefficient (Wildman–Crippen LogP) is 1.92. The van der Waals surface area contributed by atoms with Crippen molar-refractivity contribution in [3.63, 3.8) is 0 Å². The Morgan fingerprint density at radius 3 is 2.73 bits per heavy atom. The summed E-state index contributed by atoms with van der Waals surface area (Å²) in [6, 6.07) is 4.45. The number of carbonyl (C=O) groups is 2. The van der Waals surface area contributed by atoms with Gasteiger partial charge in [-0.2, -0.15) is 10.4 Å². The van der Waals surface area contributed by atoms with Gasteiger partial charge in [-0.1, -0.05) is 33.1 Å². The standard InChI is InChI=1S/C26H35N5O6/c1-15(2)22(28)25(34)36-23-19(12-35-21(32)11-17-7-5-4-6-8-17)37-26(13-27,24(23)33)20-10-9-18-16(3)29-14-30-31(18)20/h9-10,14-15,17,19,22-24,33H,4-8,11-12,28H2,1-3H3/t19-,22+,23-,24-,26+/m1/s1. The number of hydrogen-bond acceptors (Lipinski definition) is 10. The molecule has 1 saturated heterocycles. The Bertz CT molecular complexity index is 1170. The molecule has 0 spiro atoms. The molecule has 200 valence electrons.